The Hall–Kier alpha value is -2.24. The average Bonchev–Trinajstić information content (AvgIpc) is 3.21. The highest BCUT2D eigenvalue weighted by molar-refractivity contribution is 7.99. The largest absolute Gasteiger partial charge is 0.490 e. The molecule has 234 valence electrons. The number of hydrogen-bond acceptors (Lipinski definition) is 13. The normalized spacial score (nSPS) is 24.6. The second kappa shape index (κ2) is 13.4. The fourth-order valence-electron chi connectivity index (χ4n) is 3.82. The number of H-pyrrole nitrogens is 1. The molecule has 3 aromatic rings. The van der Waals surface area contributed by atoms with Gasteiger partial charge in [0.1, 0.15) is 18.3 Å². The van der Waals surface area contributed by atoms with Crippen LogP contribution in [0.5, 0.6) is 0 Å². The standard InChI is InChI=1S/C22H25N2O15P3S/c1-35-40(29,30)38-42(33,34)39-41(31,32)36-12-16-18(25)19(26)21(37-16)24-11-17(20(27)23-22(24)28)43-15-9-5-8-14(10-15)13-6-3-2-4-7-13/h2-11,16,18-19,21,25-26H,12H2,1H3,(H,29,30)(H,31,32)(H,33,34)(H,23,27,28)/t16-,18-,19-,21-/m1/s1. The Kier molecular flexibility index (Phi) is 10.5. The van der Waals surface area contributed by atoms with Crippen LogP contribution in [-0.2, 0) is 36.1 Å². The molecule has 0 saturated carbocycles. The predicted octanol–water partition coefficient (Wildman–Crippen LogP) is 1.97. The highest BCUT2D eigenvalue weighted by Gasteiger charge is 2.47. The van der Waals surface area contributed by atoms with Gasteiger partial charge < -0.3 is 29.6 Å². The number of aromatic amines is 1. The lowest BCUT2D eigenvalue weighted by Gasteiger charge is -2.19. The van der Waals surface area contributed by atoms with E-state index < -0.39 is 65.9 Å². The molecular formula is C22H25N2O15P3S. The molecule has 0 bridgehead atoms. The molecule has 17 nitrogen and oxygen atoms in total. The first-order valence-corrected chi connectivity index (χ1v) is 17.2. The van der Waals surface area contributed by atoms with E-state index in [2.05, 4.69) is 22.7 Å². The fourth-order valence-corrected chi connectivity index (χ4v) is 7.98. The van der Waals surface area contributed by atoms with E-state index in [-0.39, 0.29) is 4.90 Å². The van der Waals surface area contributed by atoms with E-state index in [1.165, 1.54) is 0 Å². The summed E-state index contributed by atoms with van der Waals surface area (Å²) in [6.07, 6.45) is -5.76. The molecule has 7 atom stereocenters. The lowest BCUT2D eigenvalue weighted by atomic mass is 10.1. The molecule has 2 aromatic carbocycles. The van der Waals surface area contributed by atoms with Crippen LogP contribution in [0.1, 0.15) is 6.23 Å². The molecule has 2 heterocycles. The summed E-state index contributed by atoms with van der Waals surface area (Å²) < 4.78 is 57.6. The van der Waals surface area contributed by atoms with Gasteiger partial charge in [-0.05, 0) is 23.3 Å². The number of aliphatic hydroxyl groups is 2. The Morgan fingerprint density at radius 1 is 0.907 bits per heavy atom. The van der Waals surface area contributed by atoms with Gasteiger partial charge >= 0.3 is 29.2 Å². The maximum atomic E-state index is 12.6. The SMILES string of the molecule is COP(=O)(O)OP(=O)(O)OP(=O)(O)OC[C@H]1O[C@@H](n2cc(Sc3cccc(-c4ccccc4)c3)c(=O)[nH]c2=O)[C@H](O)[C@@H]1O. The van der Waals surface area contributed by atoms with Crippen LogP contribution in [0.25, 0.3) is 11.1 Å². The number of ether oxygens (including phenoxy) is 1. The zero-order chi connectivity index (χ0) is 31.6. The number of rotatable bonds is 12. The van der Waals surface area contributed by atoms with Gasteiger partial charge in [-0.1, -0.05) is 54.2 Å². The lowest BCUT2D eigenvalue weighted by molar-refractivity contribution is -0.0545. The smallest absolute Gasteiger partial charge is 0.387 e. The molecule has 0 aliphatic carbocycles. The van der Waals surface area contributed by atoms with Crippen molar-refractivity contribution in [2.24, 2.45) is 0 Å². The number of nitrogens with zero attached hydrogens (tertiary/aromatic N) is 1. The summed E-state index contributed by atoms with van der Waals surface area (Å²) in [5.74, 6) is 0. The van der Waals surface area contributed by atoms with Crippen LogP contribution in [0.2, 0.25) is 0 Å². The molecule has 0 spiro atoms. The van der Waals surface area contributed by atoms with E-state index in [0.717, 1.165) is 33.7 Å². The van der Waals surface area contributed by atoms with Gasteiger partial charge in [-0.2, -0.15) is 8.62 Å². The second-order valence-corrected chi connectivity index (χ2v) is 14.6. The summed E-state index contributed by atoms with van der Waals surface area (Å²) >= 11 is 1.01. The van der Waals surface area contributed by atoms with E-state index in [1.54, 1.807) is 12.1 Å². The first-order valence-electron chi connectivity index (χ1n) is 11.9. The monoisotopic (exact) mass is 682 g/mol. The van der Waals surface area contributed by atoms with Gasteiger partial charge in [-0.15, -0.1) is 0 Å². The zero-order valence-corrected chi connectivity index (χ0v) is 25.3. The van der Waals surface area contributed by atoms with E-state index in [4.69, 9.17) is 9.63 Å². The summed E-state index contributed by atoms with van der Waals surface area (Å²) in [6, 6.07) is 16.7. The quantitative estimate of drug-likeness (QED) is 0.149. The summed E-state index contributed by atoms with van der Waals surface area (Å²) in [6.45, 7) is -1.05. The van der Waals surface area contributed by atoms with Crippen molar-refractivity contribution in [2.45, 2.75) is 34.3 Å². The Morgan fingerprint density at radius 3 is 2.23 bits per heavy atom. The minimum absolute atomic E-state index is 0.0268. The number of benzene rings is 2. The van der Waals surface area contributed by atoms with E-state index in [9.17, 15) is 43.3 Å². The van der Waals surface area contributed by atoms with Crippen LogP contribution in [0.15, 0.2) is 80.2 Å². The van der Waals surface area contributed by atoms with Crippen LogP contribution in [0.3, 0.4) is 0 Å². The number of phosphoric acid groups is 3. The summed E-state index contributed by atoms with van der Waals surface area (Å²) in [4.78, 5) is 56.3. The Balaban J connectivity index is 1.48. The molecule has 21 heteroatoms. The molecule has 1 saturated heterocycles. The third kappa shape index (κ3) is 8.69. The van der Waals surface area contributed by atoms with Crippen molar-refractivity contribution in [2.75, 3.05) is 13.7 Å². The van der Waals surface area contributed by atoms with Crippen LogP contribution in [0.4, 0.5) is 0 Å². The predicted molar refractivity (Wildman–Crippen MR) is 148 cm³/mol. The van der Waals surface area contributed by atoms with E-state index in [1.807, 2.05) is 42.5 Å². The highest BCUT2D eigenvalue weighted by atomic mass is 32.2. The van der Waals surface area contributed by atoms with Crippen LogP contribution >= 0.6 is 35.2 Å². The van der Waals surface area contributed by atoms with Gasteiger partial charge in [-0.25, -0.2) is 18.5 Å². The van der Waals surface area contributed by atoms with Gasteiger partial charge in [0, 0.05) is 18.2 Å². The minimum Gasteiger partial charge on any atom is -0.387 e. The van der Waals surface area contributed by atoms with E-state index >= 15 is 0 Å². The molecular weight excluding hydrogens is 657 g/mol. The maximum Gasteiger partial charge on any atom is 0.490 e. The molecule has 1 aliphatic heterocycles. The molecule has 1 fully saturated rings. The molecule has 0 amide bonds. The maximum absolute atomic E-state index is 12.6. The van der Waals surface area contributed by atoms with Crippen molar-refractivity contribution < 1.29 is 61.0 Å². The second-order valence-electron chi connectivity index (χ2n) is 8.75. The summed E-state index contributed by atoms with van der Waals surface area (Å²) in [5.41, 5.74) is 0.0591. The molecule has 4 rings (SSSR count). The third-order valence-corrected chi connectivity index (χ3v) is 11.0. The molecule has 1 aromatic heterocycles. The van der Waals surface area contributed by atoms with Gasteiger partial charge in [0.05, 0.1) is 11.5 Å². The van der Waals surface area contributed by atoms with Crippen LogP contribution in [-0.4, -0.2) is 66.5 Å². The highest BCUT2D eigenvalue weighted by Crippen LogP contribution is 2.67. The fraction of sp³-hybridized carbons (Fsp3) is 0.273. The van der Waals surface area contributed by atoms with Gasteiger partial charge in [-0.3, -0.25) is 23.4 Å². The first kappa shape index (κ1) is 33.6. The van der Waals surface area contributed by atoms with Crippen molar-refractivity contribution in [3.63, 3.8) is 0 Å². The number of aromatic nitrogens is 2. The van der Waals surface area contributed by atoms with Gasteiger partial charge in [0.25, 0.3) is 5.56 Å². The molecule has 1 aliphatic rings. The topological polar surface area (TPSA) is 253 Å². The number of phosphoric ester groups is 2. The first-order chi connectivity index (χ1) is 20.1. The van der Waals surface area contributed by atoms with Crippen molar-refractivity contribution in [3.8, 4) is 11.1 Å². The minimum atomic E-state index is -5.68. The van der Waals surface area contributed by atoms with Crippen LogP contribution < -0.4 is 11.2 Å². The summed E-state index contributed by atoms with van der Waals surface area (Å²) in [5, 5.41) is 21.0. The Labute approximate surface area is 246 Å². The van der Waals surface area contributed by atoms with Gasteiger partial charge in [0.15, 0.2) is 6.23 Å². The Morgan fingerprint density at radius 2 is 1.56 bits per heavy atom. The average molecular weight is 682 g/mol. The third-order valence-electron chi connectivity index (χ3n) is 5.76. The molecule has 43 heavy (non-hydrogen) atoms. The Bertz CT molecular complexity index is 1720. The molecule has 6 N–H and O–H groups in total. The van der Waals surface area contributed by atoms with Crippen molar-refractivity contribution >= 4 is 35.2 Å². The van der Waals surface area contributed by atoms with E-state index in [0.29, 0.717) is 12.0 Å². The number of aliphatic hydroxyl groups excluding tert-OH is 2. The van der Waals surface area contributed by atoms with Gasteiger partial charge in [0.2, 0.25) is 0 Å². The summed E-state index contributed by atoms with van der Waals surface area (Å²) in [7, 11) is -15.7. The molecule has 3 unspecified atom stereocenters. The number of nitrogens with one attached hydrogen (secondary N) is 1. The number of hydrogen-bond donors (Lipinski definition) is 6. The van der Waals surface area contributed by atoms with Crippen molar-refractivity contribution in [1.29, 1.82) is 0 Å². The lowest BCUT2D eigenvalue weighted by Crippen LogP contribution is -2.38. The van der Waals surface area contributed by atoms with Crippen molar-refractivity contribution in [1.82, 2.24) is 9.55 Å². The zero-order valence-electron chi connectivity index (χ0n) is 21.8. The van der Waals surface area contributed by atoms with Crippen LogP contribution in [0, 0.1) is 0 Å². The molecule has 0 radical (unpaired) electrons. The van der Waals surface area contributed by atoms with Crippen molar-refractivity contribution in [3.05, 3.63) is 81.6 Å².